The molecule has 3 aromatic rings. The molecule has 0 aliphatic rings. The molecule has 3 rings (SSSR count). The molecule has 6 nitrogen and oxygen atoms in total. The average molecular weight is 747 g/mol. The fourth-order valence-electron chi connectivity index (χ4n) is 9.47. The lowest BCUT2D eigenvalue weighted by atomic mass is 9.63. The molecule has 0 aliphatic carbocycles. The van der Waals surface area contributed by atoms with Gasteiger partial charge in [-0.25, -0.2) is 0 Å². The van der Waals surface area contributed by atoms with Gasteiger partial charge in [0.1, 0.15) is 24.7 Å². The Bertz CT molecular complexity index is 1400. The smallest absolute Gasteiger partial charge is 0.119 e. The number of aliphatic hydroxyl groups is 2. The van der Waals surface area contributed by atoms with Gasteiger partial charge in [0.05, 0.1) is 39.6 Å². The zero-order valence-electron chi connectivity index (χ0n) is 35.9. The van der Waals surface area contributed by atoms with E-state index in [1.807, 2.05) is 0 Å². The highest BCUT2D eigenvalue weighted by Gasteiger charge is 2.38. The van der Waals surface area contributed by atoms with Crippen molar-refractivity contribution in [3.8, 4) is 11.5 Å². The molecule has 6 heteroatoms. The Balaban J connectivity index is 1.60. The second-order valence-electron chi connectivity index (χ2n) is 19.6. The summed E-state index contributed by atoms with van der Waals surface area (Å²) in [6.07, 6.45) is 4.29. The zero-order valence-corrected chi connectivity index (χ0v) is 35.9. The van der Waals surface area contributed by atoms with Crippen LogP contribution in [-0.4, -0.2) is 63.1 Å². The van der Waals surface area contributed by atoms with E-state index >= 15 is 0 Å². The van der Waals surface area contributed by atoms with Crippen LogP contribution in [0, 0.1) is 10.8 Å². The molecular weight excluding hydrogens is 673 g/mol. The molecule has 0 saturated heterocycles. The van der Waals surface area contributed by atoms with E-state index < -0.39 is 0 Å². The maximum atomic E-state index is 8.87. The Labute approximate surface area is 329 Å². The number of hydrogen-bond acceptors (Lipinski definition) is 6. The van der Waals surface area contributed by atoms with Gasteiger partial charge in [-0.1, -0.05) is 132 Å². The summed E-state index contributed by atoms with van der Waals surface area (Å²) in [7, 11) is 0. The lowest BCUT2D eigenvalue weighted by Gasteiger charge is -2.42. The first-order chi connectivity index (χ1) is 25.1. The molecule has 302 valence electrons. The van der Waals surface area contributed by atoms with Gasteiger partial charge in [-0.15, -0.1) is 0 Å². The van der Waals surface area contributed by atoms with E-state index in [4.69, 9.17) is 29.2 Å². The van der Waals surface area contributed by atoms with E-state index in [9.17, 15) is 0 Å². The standard InChI is InChI=1S/C48H74O6/c1-43(2,35-47(9,10)39-17-21-41(22-18-39)53-31-29-51-27-25-49)33-45(5,6)37-13-15-38(16-14-37)46(7,8)34-44(3,4)36-48(11,12)40-19-23-42(24-20-40)54-32-30-52-28-26-50/h13-24,49-50H,25-36H2,1-12H3. The van der Waals surface area contributed by atoms with Crippen LogP contribution in [0.5, 0.6) is 11.5 Å². The van der Waals surface area contributed by atoms with Crippen molar-refractivity contribution in [1.82, 2.24) is 0 Å². The highest BCUT2D eigenvalue weighted by molar-refractivity contribution is 5.35. The maximum Gasteiger partial charge on any atom is 0.119 e. The van der Waals surface area contributed by atoms with Crippen LogP contribution in [0.25, 0.3) is 0 Å². The summed E-state index contributed by atoms with van der Waals surface area (Å²) in [5.74, 6) is 1.68. The van der Waals surface area contributed by atoms with Gasteiger partial charge in [-0.3, -0.25) is 0 Å². The molecule has 0 aromatic heterocycles. The minimum absolute atomic E-state index is 0.00635. The van der Waals surface area contributed by atoms with Crippen LogP contribution in [-0.2, 0) is 31.1 Å². The first-order valence-corrected chi connectivity index (χ1v) is 20.1. The molecular formula is C48H74O6. The molecule has 3 aromatic carbocycles. The number of aliphatic hydroxyl groups excluding tert-OH is 2. The van der Waals surface area contributed by atoms with E-state index in [-0.39, 0.29) is 45.7 Å². The van der Waals surface area contributed by atoms with Crippen molar-refractivity contribution in [2.75, 3.05) is 52.9 Å². The van der Waals surface area contributed by atoms with Gasteiger partial charge < -0.3 is 29.2 Å². The Morgan fingerprint density at radius 3 is 0.833 bits per heavy atom. The predicted molar refractivity (Wildman–Crippen MR) is 224 cm³/mol. The summed E-state index contributed by atoms with van der Waals surface area (Å²) >= 11 is 0. The average Bonchev–Trinajstić information content (AvgIpc) is 3.06. The zero-order chi connectivity index (χ0) is 40.3. The fourth-order valence-corrected chi connectivity index (χ4v) is 9.47. The second kappa shape index (κ2) is 19.3. The van der Waals surface area contributed by atoms with Crippen molar-refractivity contribution < 1.29 is 29.2 Å². The summed E-state index contributed by atoms with van der Waals surface area (Å²) < 4.78 is 22.3. The van der Waals surface area contributed by atoms with Gasteiger partial charge in [-0.2, -0.15) is 0 Å². The summed E-state index contributed by atoms with van der Waals surface area (Å²) in [6, 6.07) is 26.5. The molecule has 0 spiro atoms. The summed E-state index contributed by atoms with van der Waals surface area (Å²) in [6.45, 7) is 31.3. The van der Waals surface area contributed by atoms with E-state index in [0.717, 1.165) is 37.2 Å². The summed E-state index contributed by atoms with van der Waals surface area (Å²) in [4.78, 5) is 0. The number of rotatable bonds is 24. The summed E-state index contributed by atoms with van der Waals surface area (Å²) in [5.41, 5.74) is 5.70. The van der Waals surface area contributed by atoms with E-state index in [2.05, 4.69) is 156 Å². The molecule has 0 radical (unpaired) electrons. The van der Waals surface area contributed by atoms with Crippen LogP contribution in [0.15, 0.2) is 72.8 Å². The molecule has 0 fully saturated rings. The molecule has 0 atom stereocenters. The molecule has 0 saturated carbocycles. The predicted octanol–water partition coefficient (Wildman–Crippen LogP) is 10.6. The first-order valence-electron chi connectivity index (χ1n) is 20.1. The number of benzene rings is 3. The molecule has 0 amide bonds. The molecule has 0 bridgehead atoms. The second-order valence-corrected chi connectivity index (χ2v) is 19.6. The van der Waals surface area contributed by atoms with Crippen LogP contribution < -0.4 is 9.47 Å². The highest BCUT2D eigenvalue weighted by Crippen LogP contribution is 2.47. The Hall–Kier alpha value is -2.90. The van der Waals surface area contributed by atoms with E-state index in [0.29, 0.717) is 39.6 Å². The number of ether oxygens (including phenoxy) is 4. The maximum absolute atomic E-state index is 8.87. The van der Waals surface area contributed by atoms with Crippen LogP contribution >= 0.6 is 0 Å². The van der Waals surface area contributed by atoms with E-state index in [1.54, 1.807) is 0 Å². The Morgan fingerprint density at radius 1 is 0.352 bits per heavy atom. The largest absolute Gasteiger partial charge is 0.491 e. The number of hydrogen-bond donors (Lipinski definition) is 2. The van der Waals surface area contributed by atoms with Gasteiger partial charge in [0.25, 0.3) is 0 Å². The lowest BCUT2D eigenvalue weighted by Crippen LogP contribution is -2.33. The minimum atomic E-state index is 0.00635. The van der Waals surface area contributed by atoms with Crippen molar-refractivity contribution in [2.45, 2.75) is 130 Å². The highest BCUT2D eigenvalue weighted by atomic mass is 16.5. The van der Waals surface area contributed by atoms with Gasteiger partial charge >= 0.3 is 0 Å². The van der Waals surface area contributed by atoms with Crippen molar-refractivity contribution in [3.05, 3.63) is 95.1 Å². The molecule has 0 heterocycles. The Kier molecular flexibility index (Phi) is 16.3. The third-order valence-corrected chi connectivity index (χ3v) is 10.9. The SMILES string of the molecule is CC(C)(CC(C)(C)c1ccc(OCCOCCO)cc1)CC(C)(C)c1ccc(C(C)(C)CC(C)(C)CC(C)(C)c2ccc(OCCOCCO)cc2)cc1. The quantitative estimate of drug-likeness (QED) is 0.0889. The van der Waals surface area contributed by atoms with Crippen LogP contribution in [0.4, 0.5) is 0 Å². The lowest BCUT2D eigenvalue weighted by molar-refractivity contribution is 0.0705. The van der Waals surface area contributed by atoms with Gasteiger partial charge in [0.15, 0.2) is 0 Å². The first kappa shape index (κ1) is 45.5. The molecule has 0 aliphatic heterocycles. The fraction of sp³-hybridized carbons (Fsp3) is 0.625. The minimum Gasteiger partial charge on any atom is -0.491 e. The van der Waals surface area contributed by atoms with Gasteiger partial charge in [-0.05, 0) is 105 Å². The normalized spacial score (nSPS) is 13.3. The van der Waals surface area contributed by atoms with Crippen molar-refractivity contribution in [1.29, 1.82) is 0 Å². The summed E-state index contributed by atoms with van der Waals surface area (Å²) in [5, 5.41) is 17.7. The monoisotopic (exact) mass is 747 g/mol. The van der Waals surface area contributed by atoms with Crippen molar-refractivity contribution >= 4 is 0 Å². The van der Waals surface area contributed by atoms with Gasteiger partial charge in [0.2, 0.25) is 0 Å². The topological polar surface area (TPSA) is 77.4 Å². The van der Waals surface area contributed by atoms with Crippen LogP contribution in [0.2, 0.25) is 0 Å². The van der Waals surface area contributed by atoms with E-state index in [1.165, 1.54) is 22.3 Å². The Morgan fingerprint density at radius 2 is 0.593 bits per heavy atom. The van der Waals surface area contributed by atoms with Gasteiger partial charge in [0, 0.05) is 0 Å². The van der Waals surface area contributed by atoms with Crippen molar-refractivity contribution in [3.63, 3.8) is 0 Å². The third kappa shape index (κ3) is 14.3. The molecule has 0 unspecified atom stereocenters. The van der Waals surface area contributed by atoms with Crippen LogP contribution in [0.3, 0.4) is 0 Å². The van der Waals surface area contributed by atoms with Crippen LogP contribution in [0.1, 0.15) is 131 Å². The molecule has 54 heavy (non-hydrogen) atoms. The molecule has 2 N–H and O–H groups in total. The third-order valence-electron chi connectivity index (χ3n) is 10.9. The van der Waals surface area contributed by atoms with Crippen molar-refractivity contribution in [2.24, 2.45) is 10.8 Å².